The monoisotopic (exact) mass is 156 g/mol. The van der Waals surface area contributed by atoms with Crippen LogP contribution in [0.5, 0.6) is 0 Å². The molecule has 2 nitrogen and oxygen atoms in total. The summed E-state index contributed by atoms with van der Waals surface area (Å²) in [6.07, 6.45) is 4.83. The fraction of sp³-hybridized carbons (Fsp3) is 1.00. The smallest absolute Gasteiger partial charge is 0.00991 e. The van der Waals surface area contributed by atoms with Crippen LogP contribution >= 0.6 is 0 Å². The highest BCUT2D eigenvalue weighted by Crippen LogP contribution is 2.18. The molecule has 11 heavy (non-hydrogen) atoms. The van der Waals surface area contributed by atoms with Gasteiger partial charge >= 0.3 is 0 Å². The van der Waals surface area contributed by atoms with Crippen LogP contribution in [-0.2, 0) is 0 Å². The van der Waals surface area contributed by atoms with Crippen LogP contribution in [0, 0.1) is 0 Å². The second kappa shape index (κ2) is 4.07. The molecule has 0 aliphatic heterocycles. The first-order valence-corrected chi connectivity index (χ1v) is 4.77. The van der Waals surface area contributed by atoms with Gasteiger partial charge in [-0.25, -0.2) is 0 Å². The maximum absolute atomic E-state index is 5.69. The van der Waals surface area contributed by atoms with E-state index in [9.17, 15) is 0 Å². The molecule has 0 saturated heterocycles. The van der Waals surface area contributed by atoms with Gasteiger partial charge in [-0.05, 0) is 25.7 Å². The molecule has 0 bridgehead atoms. The average Bonchev–Trinajstić information content (AvgIpc) is 1.96. The van der Waals surface area contributed by atoms with Crippen LogP contribution in [0.1, 0.15) is 39.5 Å². The molecule has 1 aliphatic carbocycles. The molecule has 0 aromatic rings. The van der Waals surface area contributed by atoms with Crippen molar-refractivity contribution in [3.63, 3.8) is 0 Å². The Morgan fingerprint density at radius 2 is 1.91 bits per heavy atom. The lowest BCUT2D eigenvalue weighted by Crippen LogP contribution is -2.51. The minimum atomic E-state index is 0.474. The van der Waals surface area contributed by atoms with E-state index in [0.29, 0.717) is 12.1 Å². The minimum absolute atomic E-state index is 0.474. The predicted octanol–water partition coefficient (Wildman–Crippen LogP) is 1.25. The van der Waals surface area contributed by atoms with Crippen molar-refractivity contribution in [2.75, 3.05) is 0 Å². The summed E-state index contributed by atoms with van der Waals surface area (Å²) in [7, 11) is 0. The van der Waals surface area contributed by atoms with Crippen molar-refractivity contribution >= 4 is 0 Å². The number of hydrogen-bond acceptors (Lipinski definition) is 2. The van der Waals surface area contributed by atoms with Crippen molar-refractivity contribution in [2.45, 2.75) is 57.7 Å². The van der Waals surface area contributed by atoms with Gasteiger partial charge in [-0.3, -0.25) is 0 Å². The van der Waals surface area contributed by atoms with Crippen LogP contribution in [0.2, 0.25) is 0 Å². The third-order valence-electron chi connectivity index (χ3n) is 2.63. The summed E-state index contributed by atoms with van der Waals surface area (Å²) in [4.78, 5) is 0. The van der Waals surface area contributed by atoms with Gasteiger partial charge in [0.1, 0.15) is 0 Å². The van der Waals surface area contributed by atoms with Crippen LogP contribution in [-0.4, -0.2) is 18.1 Å². The summed E-state index contributed by atoms with van der Waals surface area (Å²) in [6.45, 7) is 4.47. The molecule has 1 saturated carbocycles. The summed E-state index contributed by atoms with van der Waals surface area (Å²) in [5.41, 5.74) is 5.69. The van der Waals surface area contributed by atoms with Gasteiger partial charge in [-0.2, -0.15) is 0 Å². The van der Waals surface area contributed by atoms with Crippen LogP contribution in [0.3, 0.4) is 0 Å². The second-order valence-corrected chi connectivity index (χ2v) is 3.61. The number of hydrogen-bond donors (Lipinski definition) is 2. The normalized spacial score (nSPS) is 30.5. The Labute approximate surface area is 69.5 Å². The molecule has 0 radical (unpaired) electrons. The van der Waals surface area contributed by atoms with E-state index in [1.165, 1.54) is 25.7 Å². The van der Waals surface area contributed by atoms with Crippen LogP contribution < -0.4 is 11.1 Å². The van der Waals surface area contributed by atoms with Gasteiger partial charge in [0.2, 0.25) is 0 Å². The van der Waals surface area contributed by atoms with Gasteiger partial charge in [0.05, 0.1) is 0 Å². The molecule has 0 aromatic heterocycles. The van der Waals surface area contributed by atoms with E-state index in [1.807, 2.05) is 0 Å². The van der Waals surface area contributed by atoms with E-state index in [0.717, 1.165) is 6.04 Å². The van der Waals surface area contributed by atoms with Crippen molar-refractivity contribution in [3.05, 3.63) is 0 Å². The summed E-state index contributed by atoms with van der Waals surface area (Å²) in [5.74, 6) is 0. The lowest BCUT2D eigenvalue weighted by Gasteiger charge is -2.35. The highest BCUT2D eigenvalue weighted by Gasteiger charge is 2.26. The molecule has 0 amide bonds. The van der Waals surface area contributed by atoms with Gasteiger partial charge in [0.15, 0.2) is 0 Å². The third-order valence-corrected chi connectivity index (χ3v) is 2.63. The largest absolute Gasteiger partial charge is 0.328 e. The topological polar surface area (TPSA) is 38.0 Å². The van der Waals surface area contributed by atoms with Crippen LogP contribution in [0.15, 0.2) is 0 Å². The summed E-state index contributed by atoms with van der Waals surface area (Å²) < 4.78 is 0. The molecule has 1 rings (SSSR count). The third kappa shape index (κ3) is 2.46. The van der Waals surface area contributed by atoms with Crippen molar-refractivity contribution in [1.82, 2.24) is 5.32 Å². The van der Waals surface area contributed by atoms with Crippen molar-refractivity contribution < 1.29 is 0 Å². The standard InChI is InChI=1S/C9H20N2/c1-3-8(4-2)11-9-5-7(10)6-9/h7-9,11H,3-6,10H2,1-2H3. The molecular weight excluding hydrogens is 136 g/mol. The maximum Gasteiger partial charge on any atom is 0.00991 e. The van der Waals surface area contributed by atoms with E-state index < -0.39 is 0 Å². The Morgan fingerprint density at radius 3 is 2.27 bits per heavy atom. The average molecular weight is 156 g/mol. The first-order valence-electron chi connectivity index (χ1n) is 4.77. The zero-order valence-electron chi connectivity index (χ0n) is 7.64. The molecule has 0 spiro atoms. The fourth-order valence-corrected chi connectivity index (χ4v) is 1.66. The van der Waals surface area contributed by atoms with Crippen molar-refractivity contribution in [3.8, 4) is 0 Å². The van der Waals surface area contributed by atoms with Crippen LogP contribution in [0.25, 0.3) is 0 Å². The number of nitrogens with two attached hydrogens (primary N) is 1. The van der Waals surface area contributed by atoms with E-state index in [2.05, 4.69) is 19.2 Å². The molecule has 0 heterocycles. The van der Waals surface area contributed by atoms with E-state index >= 15 is 0 Å². The molecule has 0 atom stereocenters. The molecule has 2 heteroatoms. The van der Waals surface area contributed by atoms with Gasteiger partial charge in [-0.1, -0.05) is 13.8 Å². The highest BCUT2D eigenvalue weighted by atomic mass is 15.0. The van der Waals surface area contributed by atoms with Gasteiger partial charge in [0, 0.05) is 18.1 Å². The predicted molar refractivity (Wildman–Crippen MR) is 48.5 cm³/mol. The lowest BCUT2D eigenvalue weighted by atomic mass is 9.87. The molecule has 3 N–H and O–H groups in total. The Kier molecular flexibility index (Phi) is 3.34. The molecule has 1 fully saturated rings. The van der Waals surface area contributed by atoms with E-state index in [1.54, 1.807) is 0 Å². The Hall–Kier alpha value is -0.0800. The fourth-order valence-electron chi connectivity index (χ4n) is 1.66. The maximum atomic E-state index is 5.69. The van der Waals surface area contributed by atoms with Gasteiger partial charge in [-0.15, -0.1) is 0 Å². The first kappa shape index (κ1) is 9.01. The summed E-state index contributed by atoms with van der Waals surface area (Å²) in [5, 5.41) is 3.60. The molecule has 0 unspecified atom stereocenters. The van der Waals surface area contributed by atoms with Crippen molar-refractivity contribution in [2.24, 2.45) is 5.73 Å². The molecular formula is C9H20N2. The number of rotatable bonds is 4. The Morgan fingerprint density at radius 1 is 1.36 bits per heavy atom. The minimum Gasteiger partial charge on any atom is -0.328 e. The van der Waals surface area contributed by atoms with E-state index in [-0.39, 0.29) is 0 Å². The zero-order valence-corrected chi connectivity index (χ0v) is 7.64. The quantitative estimate of drug-likeness (QED) is 0.643. The van der Waals surface area contributed by atoms with Gasteiger partial charge in [0.25, 0.3) is 0 Å². The second-order valence-electron chi connectivity index (χ2n) is 3.61. The van der Waals surface area contributed by atoms with Gasteiger partial charge < -0.3 is 11.1 Å². The van der Waals surface area contributed by atoms with E-state index in [4.69, 9.17) is 5.73 Å². The van der Waals surface area contributed by atoms with Crippen LogP contribution in [0.4, 0.5) is 0 Å². The number of nitrogens with one attached hydrogen (secondary N) is 1. The molecule has 0 aromatic carbocycles. The molecule has 1 aliphatic rings. The summed E-state index contributed by atoms with van der Waals surface area (Å²) >= 11 is 0. The van der Waals surface area contributed by atoms with Crippen molar-refractivity contribution in [1.29, 1.82) is 0 Å². The zero-order chi connectivity index (χ0) is 8.27. The summed E-state index contributed by atoms with van der Waals surface area (Å²) in [6, 6.07) is 1.91. The first-order chi connectivity index (χ1) is 5.26. The SMILES string of the molecule is CCC(CC)NC1CC(N)C1. The Balaban J connectivity index is 2.09. The lowest BCUT2D eigenvalue weighted by molar-refractivity contribution is 0.260. The Bertz CT molecular complexity index is 104. The highest BCUT2D eigenvalue weighted by molar-refractivity contribution is 4.89. The molecule has 66 valence electrons.